The fourth-order valence-corrected chi connectivity index (χ4v) is 3.76. The molecule has 0 saturated heterocycles. The molecule has 0 aliphatic carbocycles. The lowest BCUT2D eigenvalue weighted by atomic mass is 9.81. The maximum atomic E-state index is 4.43. The number of aryl methyl sites for hydroxylation is 1. The van der Waals surface area contributed by atoms with Gasteiger partial charge in [-0.05, 0) is 67.4 Å². The van der Waals surface area contributed by atoms with Gasteiger partial charge in [0.2, 0.25) is 0 Å². The van der Waals surface area contributed by atoms with Gasteiger partial charge >= 0.3 is 0 Å². The molecule has 5 heteroatoms. The number of likely N-dealkylation sites (N-methyl/N-ethyl adjacent to an activating group) is 1. The number of hydrogen-bond acceptors (Lipinski definition) is 4. The largest absolute Gasteiger partial charge is 0.287 e. The van der Waals surface area contributed by atoms with Gasteiger partial charge in [0.05, 0.1) is 11.7 Å². The summed E-state index contributed by atoms with van der Waals surface area (Å²) in [5.41, 5.74) is 4.87. The van der Waals surface area contributed by atoms with E-state index in [1.807, 2.05) is 16.8 Å². The number of tetrazole rings is 1. The zero-order chi connectivity index (χ0) is 17.6. The van der Waals surface area contributed by atoms with Crippen LogP contribution in [0.25, 0.3) is 5.69 Å². The van der Waals surface area contributed by atoms with Crippen LogP contribution in [0.5, 0.6) is 0 Å². The van der Waals surface area contributed by atoms with E-state index >= 15 is 0 Å². The molecule has 0 N–H and O–H groups in total. The van der Waals surface area contributed by atoms with E-state index in [2.05, 4.69) is 84.6 Å². The fourth-order valence-electron chi connectivity index (χ4n) is 3.76. The van der Waals surface area contributed by atoms with E-state index < -0.39 is 0 Å². The first-order chi connectivity index (χ1) is 12.0. The van der Waals surface area contributed by atoms with Crippen molar-refractivity contribution in [1.29, 1.82) is 0 Å². The molecule has 3 aromatic rings. The predicted octanol–water partition coefficient (Wildman–Crippen LogP) is 3.33. The van der Waals surface area contributed by atoms with Crippen molar-refractivity contribution >= 4 is 0 Å². The second-order valence-electron chi connectivity index (χ2n) is 7.44. The van der Waals surface area contributed by atoms with Crippen molar-refractivity contribution in [1.82, 2.24) is 25.1 Å². The van der Waals surface area contributed by atoms with E-state index in [1.54, 1.807) is 0 Å². The fraction of sp³-hybridized carbons (Fsp3) is 0.350. The van der Waals surface area contributed by atoms with E-state index in [9.17, 15) is 0 Å². The first-order valence-electron chi connectivity index (χ1n) is 8.64. The van der Waals surface area contributed by atoms with Crippen molar-refractivity contribution in [3.8, 4) is 5.69 Å². The van der Waals surface area contributed by atoms with Crippen LogP contribution in [0.1, 0.15) is 42.4 Å². The van der Waals surface area contributed by atoms with E-state index in [0.717, 1.165) is 23.5 Å². The van der Waals surface area contributed by atoms with Crippen molar-refractivity contribution in [2.75, 3.05) is 7.05 Å². The van der Waals surface area contributed by atoms with Crippen molar-refractivity contribution in [2.24, 2.45) is 0 Å². The second-order valence-corrected chi connectivity index (χ2v) is 7.44. The number of rotatable bonds is 2. The first kappa shape index (κ1) is 16.0. The Balaban J connectivity index is 1.91. The molecular weight excluding hydrogens is 310 g/mol. The Morgan fingerprint density at radius 1 is 1.04 bits per heavy atom. The van der Waals surface area contributed by atoms with Gasteiger partial charge in [-0.3, -0.25) is 4.90 Å². The van der Waals surface area contributed by atoms with E-state index in [1.165, 1.54) is 11.1 Å². The van der Waals surface area contributed by atoms with E-state index in [0.29, 0.717) is 0 Å². The molecule has 0 amide bonds. The van der Waals surface area contributed by atoms with Crippen molar-refractivity contribution in [3.05, 3.63) is 71.0 Å². The molecular formula is C20H23N5. The van der Waals surface area contributed by atoms with Gasteiger partial charge in [0.15, 0.2) is 5.82 Å². The lowest BCUT2D eigenvalue weighted by molar-refractivity contribution is 0.0993. The SMILES string of the molecule is Cc1ccccc1-n1nnnc1C1c2ccccc2CC(C)(C)N1C. The van der Waals surface area contributed by atoms with Gasteiger partial charge in [0.25, 0.3) is 0 Å². The molecule has 128 valence electrons. The minimum absolute atomic E-state index is 0.0227. The standard InChI is InChI=1S/C20H23N5/c1-14-9-5-8-12-17(14)25-19(21-22-23-25)18-16-11-7-6-10-15(16)13-20(2,3)24(18)4/h5-12,18H,13H2,1-4H3. The number of nitrogens with zero attached hydrogens (tertiary/aromatic N) is 5. The third-order valence-corrected chi connectivity index (χ3v) is 5.40. The predicted molar refractivity (Wildman–Crippen MR) is 97.7 cm³/mol. The minimum Gasteiger partial charge on any atom is -0.287 e. The highest BCUT2D eigenvalue weighted by molar-refractivity contribution is 5.43. The highest BCUT2D eigenvalue weighted by Crippen LogP contribution is 2.40. The van der Waals surface area contributed by atoms with Crippen LogP contribution in [0.2, 0.25) is 0 Å². The number of benzene rings is 2. The van der Waals surface area contributed by atoms with Crippen LogP contribution in [0.3, 0.4) is 0 Å². The molecule has 5 nitrogen and oxygen atoms in total. The first-order valence-corrected chi connectivity index (χ1v) is 8.64. The lowest BCUT2D eigenvalue weighted by Crippen LogP contribution is -2.49. The third-order valence-electron chi connectivity index (χ3n) is 5.40. The monoisotopic (exact) mass is 333 g/mol. The smallest absolute Gasteiger partial charge is 0.178 e. The van der Waals surface area contributed by atoms with Crippen LogP contribution in [0.4, 0.5) is 0 Å². The number of para-hydroxylation sites is 1. The van der Waals surface area contributed by atoms with Gasteiger partial charge in [-0.15, -0.1) is 5.10 Å². The highest BCUT2D eigenvalue weighted by Gasteiger charge is 2.40. The van der Waals surface area contributed by atoms with Gasteiger partial charge in [0.1, 0.15) is 0 Å². The van der Waals surface area contributed by atoms with Crippen molar-refractivity contribution < 1.29 is 0 Å². The van der Waals surface area contributed by atoms with Crippen LogP contribution < -0.4 is 0 Å². The van der Waals surface area contributed by atoms with Crippen molar-refractivity contribution in [3.63, 3.8) is 0 Å². The maximum absolute atomic E-state index is 4.43. The van der Waals surface area contributed by atoms with E-state index in [-0.39, 0.29) is 11.6 Å². The molecule has 1 atom stereocenters. The molecule has 1 unspecified atom stereocenters. The van der Waals surface area contributed by atoms with Crippen LogP contribution in [0.15, 0.2) is 48.5 Å². The van der Waals surface area contributed by atoms with Crippen LogP contribution in [-0.2, 0) is 6.42 Å². The average molecular weight is 333 g/mol. The molecule has 0 radical (unpaired) electrons. The molecule has 0 saturated carbocycles. The molecule has 4 rings (SSSR count). The number of fused-ring (bicyclic) bond motifs is 1. The third kappa shape index (κ3) is 2.55. The molecule has 0 bridgehead atoms. The Labute approximate surface area is 148 Å². The Morgan fingerprint density at radius 2 is 1.76 bits per heavy atom. The summed E-state index contributed by atoms with van der Waals surface area (Å²) in [6, 6.07) is 16.9. The van der Waals surface area contributed by atoms with Gasteiger partial charge < -0.3 is 0 Å². The molecule has 1 aromatic heterocycles. The molecule has 1 aliphatic heterocycles. The normalized spacial score (nSPS) is 19.6. The Hall–Kier alpha value is -2.53. The second kappa shape index (κ2) is 5.77. The zero-order valence-corrected chi connectivity index (χ0v) is 15.1. The zero-order valence-electron chi connectivity index (χ0n) is 15.1. The topological polar surface area (TPSA) is 46.8 Å². The summed E-state index contributed by atoms with van der Waals surface area (Å²) >= 11 is 0. The number of aromatic nitrogens is 4. The highest BCUT2D eigenvalue weighted by atomic mass is 15.6. The minimum atomic E-state index is 0.0227. The summed E-state index contributed by atoms with van der Waals surface area (Å²) in [7, 11) is 2.16. The van der Waals surface area contributed by atoms with Gasteiger partial charge in [-0.25, -0.2) is 0 Å². The van der Waals surface area contributed by atoms with Gasteiger partial charge in [-0.1, -0.05) is 42.5 Å². The summed E-state index contributed by atoms with van der Waals surface area (Å²) in [5.74, 6) is 0.858. The molecule has 25 heavy (non-hydrogen) atoms. The number of hydrogen-bond donors (Lipinski definition) is 0. The lowest BCUT2D eigenvalue weighted by Gasteiger charge is -2.45. The summed E-state index contributed by atoms with van der Waals surface area (Å²) < 4.78 is 1.88. The molecule has 2 heterocycles. The summed E-state index contributed by atoms with van der Waals surface area (Å²) in [5, 5.41) is 12.7. The molecule has 0 spiro atoms. The molecule has 1 aliphatic rings. The quantitative estimate of drug-likeness (QED) is 0.722. The molecule has 0 fully saturated rings. The van der Waals surface area contributed by atoms with E-state index in [4.69, 9.17) is 0 Å². The maximum Gasteiger partial charge on any atom is 0.178 e. The van der Waals surface area contributed by atoms with Crippen LogP contribution in [0, 0.1) is 6.92 Å². The van der Waals surface area contributed by atoms with Crippen LogP contribution >= 0.6 is 0 Å². The Kier molecular flexibility index (Phi) is 3.69. The summed E-state index contributed by atoms with van der Waals surface area (Å²) in [6.07, 6.45) is 1.02. The Morgan fingerprint density at radius 3 is 2.56 bits per heavy atom. The Bertz CT molecular complexity index is 912. The summed E-state index contributed by atoms with van der Waals surface area (Å²) in [6.45, 7) is 6.64. The van der Waals surface area contributed by atoms with Gasteiger partial charge in [0, 0.05) is 5.54 Å². The van der Waals surface area contributed by atoms with Gasteiger partial charge in [-0.2, -0.15) is 4.68 Å². The van der Waals surface area contributed by atoms with Crippen LogP contribution in [-0.4, -0.2) is 37.7 Å². The average Bonchev–Trinajstić information content (AvgIpc) is 3.05. The summed E-state index contributed by atoms with van der Waals surface area (Å²) in [4.78, 5) is 2.38. The molecule has 2 aromatic carbocycles. The van der Waals surface area contributed by atoms with Crippen molar-refractivity contribution in [2.45, 2.75) is 38.8 Å².